The first-order valence-electron chi connectivity index (χ1n) is 8.24. The van der Waals surface area contributed by atoms with Crippen LogP contribution in [0.2, 0.25) is 0 Å². The van der Waals surface area contributed by atoms with Crippen molar-refractivity contribution < 1.29 is 9.53 Å². The Bertz CT molecular complexity index is 290. The number of rotatable bonds is 12. The molecule has 2 nitrogen and oxygen atoms in total. The van der Waals surface area contributed by atoms with E-state index < -0.39 is 0 Å². The van der Waals surface area contributed by atoms with Crippen LogP contribution in [0.5, 0.6) is 0 Å². The summed E-state index contributed by atoms with van der Waals surface area (Å²) in [5.74, 6) is 0.585. The average molecular weight is 280 g/mol. The Kier molecular flexibility index (Phi) is 13.6. The van der Waals surface area contributed by atoms with Crippen LogP contribution in [0.3, 0.4) is 0 Å². The molecule has 0 fully saturated rings. The first-order chi connectivity index (χ1) is 9.70. The maximum absolute atomic E-state index is 11.1. The fourth-order valence-electron chi connectivity index (χ4n) is 2.04. The number of hydrogen-bond acceptors (Lipinski definition) is 2. The van der Waals surface area contributed by atoms with Gasteiger partial charge in [-0.2, -0.15) is 0 Å². The van der Waals surface area contributed by atoms with Crippen molar-refractivity contribution >= 4 is 5.97 Å². The van der Waals surface area contributed by atoms with E-state index >= 15 is 0 Å². The highest BCUT2D eigenvalue weighted by atomic mass is 16.5. The molecule has 0 radical (unpaired) electrons. The molecule has 0 saturated heterocycles. The molecule has 0 bridgehead atoms. The summed E-state index contributed by atoms with van der Waals surface area (Å²) in [6.45, 7) is 5.89. The zero-order valence-corrected chi connectivity index (χ0v) is 13.6. The third-order valence-electron chi connectivity index (χ3n) is 3.19. The molecule has 0 N–H and O–H groups in total. The van der Waals surface area contributed by atoms with Gasteiger partial charge >= 0.3 is 5.97 Å². The topological polar surface area (TPSA) is 26.3 Å². The van der Waals surface area contributed by atoms with E-state index in [-0.39, 0.29) is 5.97 Å². The van der Waals surface area contributed by atoms with Crippen molar-refractivity contribution in [1.29, 1.82) is 0 Å². The number of esters is 1. The summed E-state index contributed by atoms with van der Waals surface area (Å²) in [4.78, 5) is 11.1. The highest BCUT2D eigenvalue weighted by molar-refractivity contribution is 5.67. The van der Waals surface area contributed by atoms with Gasteiger partial charge in [0, 0.05) is 13.3 Å². The predicted molar refractivity (Wildman–Crippen MR) is 86.5 cm³/mol. The van der Waals surface area contributed by atoms with Crippen LogP contribution in [-0.4, -0.2) is 5.97 Å². The lowest BCUT2D eigenvalue weighted by molar-refractivity contribution is -0.137. The lowest BCUT2D eigenvalue weighted by atomic mass is 10.1. The van der Waals surface area contributed by atoms with Gasteiger partial charge in [-0.1, -0.05) is 64.5 Å². The van der Waals surface area contributed by atoms with Crippen LogP contribution in [0.1, 0.15) is 85.0 Å². The van der Waals surface area contributed by atoms with E-state index in [1.54, 1.807) is 0 Å². The second kappa shape index (κ2) is 14.4. The number of ether oxygens (including phenoxy) is 1. The number of allylic oxidation sites excluding steroid dienone is 4. The van der Waals surface area contributed by atoms with Crippen molar-refractivity contribution in [3.63, 3.8) is 0 Å². The number of carbonyl (C=O) groups excluding carboxylic acids is 1. The van der Waals surface area contributed by atoms with Gasteiger partial charge in [-0.25, -0.2) is 0 Å². The number of unbranched alkanes of at least 4 members (excludes halogenated alkanes) is 7. The first kappa shape index (κ1) is 18.9. The number of hydrogen-bond donors (Lipinski definition) is 0. The Labute approximate surface area is 125 Å². The summed E-state index contributed by atoms with van der Waals surface area (Å²) in [5.41, 5.74) is 0. The van der Waals surface area contributed by atoms with Crippen molar-refractivity contribution in [2.45, 2.75) is 85.0 Å². The zero-order valence-electron chi connectivity index (χ0n) is 13.6. The van der Waals surface area contributed by atoms with E-state index in [9.17, 15) is 4.79 Å². The Morgan fingerprint density at radius 1 is 0.950 bits per heavy atom. The van der Waals surface area contributed by atoms with Crippen molar-refractivity contribution in [2.75, 3.05) is 0 Å². The Balaban J connectivity index is 4.00. The van der Waals surface area contributed by atoms with Crippen LogP contribution in [-0.2, 0) is 9.53 Å². The molecule has 0 aromatic carbocycles. The standard InChI is InChI=1S/C18H32O2/c1-4-6-8-10-11-12-14-16-18(20-17(3)19)15-13-9-7-5-2/h12,14,16H,4-11,13,15H2,1-3H3/b14-12+,18-16+. The van der Waals surface area contributed by atoms with Gasteiger partial charge in [0.1, 0.15) is 5.76 Å². The molecule has 0 spiro atoms. The molecule has 0 atom stereocenters. The first-order valence-corrected chi connectivity index (χ1v) is 8.24. The molecule has 0 unspecified atom stereocenters. The smallest absolute Gasteiger partial charge is 0.307 e. The monoisotopic (exact) mass is 280 g/mol. The summed E-state index contributed by atoms with van der Waals surface area (Å²) in [7, 11) is 0. The van der Waals surface area contributed by atoms with Gasteiger partial charge in [-0.3, -0.25) is 4.79 Å². The molecule has 0 aromatic heterocycles. The van der Waals surface area contributed by atoms with Crippen LogP contribution < -0.4 is 0 Å². The second-order valence-electron chi connectivity index (χ2n) is 5.31. The molecule has 0 saturated carbocycles. The lowest BCUT2D eigenvalue weighted by Crippen LogP contribution is -1.99. The van der Waals surface area contributed by atoms with E-state index in [1.165, 1.54) is 51.9 Å². The minimum absolute atomic E-state index is 0.219. The molecule has 0 aromatic rings. The van der Waals surface area contributed by atoms with Crippen molar-refractivity contribution in [1.82, 2.24) is 0 Å². The third-order valence-corrected chi connectivity index (χ3v) is 3.19. The van der Waals surface area contributed by atoms with Gasteiger partial charge in [0.15, 0.2) is 0 Å². The average Bonchev–Trinajstić information content (AvgIpc) is 2.41. The molecular weight excluding hydrogens is 248 g/mol. The Morgan fingerprint density at radius 3 is 2.20 bits per heavy atom. The molecule has 0 amide bonds. The van der Waals surface area contributed by atoms with Gasteiger partial charge in [0.25, 0.3) is 0 Å². The van der Waals surface area contributed by atoms with Crippen LogP contribution in [0.15, 0.2) is 24.0 Å². The lowest BCUT2D eigenvalue weighted by Gasteiger charge is -2.06. The Hall–Kier alpha value is -1.05. The van der Waals surface area contributed by atoms with Crippen molar-refractivity contribution in [3.05, 3.63) is 24.0 Å². The fraction of sp³-hybridized carbons (Fsp3) is 0.722. The van der Waals surface area contributed by atoms with Gasteiger partial charge in [0.05, 0.1) is 0 Å². The van der Waals surface area contributed by atoms with Crippen molar-refractivity contribution in [3.8, 4) is 0 Å². The molecule has 2 heteroatoms. The van der Waals surface area contributed by atoms with Crippen molar-refractivity contribution in [2.24, 2.45) is 0 Å². The second-order valence-corrected chi connectivity index (χ2v) is 5.31. The fourth-order valence-corrected chi connectivity index (χ4v) is 2.04. The van der Waals surface area contributed by atoms with Gasteiger partial charge in [-0.05, 0) is 25.3 Å². The highest BCUT2D eigenvalue weighted by Crippen LogP contribution is 2.12. The molecule has 116 valence electrons. The largest absolute Gasteiger partial charge is 0.431 e. The van der Waals surface area contributed by atoms with E-state index in [2.05, 4.69) is 19.9 Å². The molecular formula is C18H32O2. The van der Waals surface area contributed by atoms with Gasteiger partial charge in [-0.15, -0.1) is 0 Å². The van der Waals surface area contributed by atoms with E-state index in [0.717, 1.165) is 25.0 Å². The minimum Gasteiger partial charge on any atom is -0.431 e. The molecule has 0 aliphatic heterocycles. The maximum Gasteiger partial charge on any atom is 0.307 e. The summed E-state index contributed by atoms with van der Waals surface area (Å²) >= 11 is 0. The maximum atomic E-state index is 11.1. The van der Waals surface area contributed by atoms with E-state index in [0.29, 0.717) is 0 Å². The van der Waals surface area contributed by atoms with Gasteiger partial charge < -0.3 is 4.74 Å². The third kappa shape index (κ3) is 13.4. The van der Waals surface area contributed by atoms with Crippen LogP contribution in [0.25, 0.3) is 0 Å². The summed E-state index contributed by atoms with van der Waals surface area (Å²) < 4.78 is 5.25. The molecule has 0 aliphatic rings. The highest BCUT2D eigenvalue weighted by Gasteiger charge is 2.01. The predicted octanol–water partition coefficient (Wildman–Crippen LogP) is 5.93. The molecule has 20 heavy (non-hydrogen) atoms. The quantitative estimate of drug-likeness (QED) is 0.192. The molecule has 0 rings (SSSR count). The summed E-state index contributed by atoms with van der Waals surface area (Å²) in [6, 6.07) is 0. The minimum atomic E-state index is -0.219. The van der Waals surface area contributed by atoms with E-state index in [1.807, 2.05) is 12.2 Å². The van der Waals surface area contributed by atoms with Gasteiger partial charge in [0.2, 0.25) is 0 Å². The van der Waals surface area contributed by atoms with E-state index in [4.69, 9.17) is 4.74 Å². The zero-order chi connectivity index (χ0) is 15.1. The van der Waals surface area contributed by atoms with Crippen LogP contribution in [0.4, 0.5) is 0 Å². The SMILES string of the molecule is CCCCCC/C=C/C=C(\CCCCCC)OC(C)=O. The van der Waals surface area contributed by atoms with Crippen LogP contribution >= 0.6 is 0 Å². The normalized spacial score (nSPS) is 12.1. The summed E-state index contributed by atoms with van der Waals surface area (Å²) in [5, 5.41) is 0. The Morgan fingerprint density at radius 2 is 1.60 bits per heavy atom. The van der Waals surface area contributed by atoms with Crippen LogP contribution in [0, 0.1) is 0 Å². The summed E-state index contributed by atoms with van der Waals surface area (Å²) in [6.07, 6.45) is 18.0. The molecule has 0 heterocycles. The molecule has 0 aliphatic carbocycles. The number of carbonyl (C=O) groups is 1.